The lowest BCUT2D eigenvalue weighted by molar-refractivity contribution is -0.143. The van der Waals surface area contributed by atoms with Crippen LogP contribution < -0.4 is 0 Å². The smallest absolute Gasteiger partial charge is 0.411 e. The van der Waals surface area contributed by atoms with E-state index in [2.05, 4.69) is 15.9 Å². The molecule has 1 heterocycles. The molecule has 114 valence electrons. The molecule has 21 heavy (non-hydrogen) atoms. The maximum atomic E-state index is 12.3. The minimum atomic E-state index is -1.02. The van der Waals surface area contributed by atoms with Crippen LogP contribution in [0.3, 0.4) is 0 Å². The van der Waals surface area contributed by atoms with Crippen molar-refractivity contribution >= 4 is 28.0 Å². The fraction of sp³-hybridized carbons (Fsp3) is 0.467. The molecule has 0 unspecified atom stereocenters. The van der Waals surface area contributed by atoms with Gasteiger partial charge in [-0.05, 0) is 44.0 Å². The van der Waals surface area contributed by atoms with Crippen LogP contribution in [-0.4, -0.2) is 33.7 Å². The first-order chi connectivity index (χ1) is 9.67. The Balaban J connectivity index is 2.30. The van der Waals surface area contributed by atoms with Gasteiger partial charge in [0, 0.05) is 10.9 Å². The van der Waals surface area contributed by atoms with E-state index >= 15 is 0 Å². The Bertz CT molecular complexity index is 580. The van der Waals surface area contributed by atoms with E-state index in [0.29, 0.717) is 0 Å². The fourth-order valence-corrected chi connectivity index (χ4v) is 2.69. The highest BCUT2D eigenvalue weighted by molar-refractivity contribution is 9.10. The lowest BCUT2D eigenvalue weighted by Crippen LogP contribution is -2.50. The number of rotatable bonds is 1. The molecule has 1 N–H and O–H groups in total. The number of ether oxygens (including phenoxy) is 1. The number of halogens is 1. The minimum Gasteiger partial charge on any atom is -0.480 e. The van der Waals surface area contributed by atoms with Crippen molar-refractivity contribution in [1.82, 2.24) is 4.90 Å². The molecule has 0 aliphatic carbocycles. The predicted octanol–water partition coefficient (Wildman–Crippen LogP) is 3.20. The molecule has 6 heteroatoms. The summed E-state index contributed by atoms with van der Waals surface area (Å²) in [6.07, 6.45) is -0.308. The van der Waals surface area contributed by atoms with Crippen molar-refractivity contribution in [2.24, 2.45) is 0 Å². The van der Waals surface area contributed by atoms with E-state index in [4.69, 9.17) is 4.74 Å². The van der Waals surface area contributed by atoms with Crippen LogP contribution in [0.2, 0.25) is 0 Å². The average Bonchev–Trinajstić information content (AvgIpc) is 2.34. The molecule has 0 radical (unpaired) electrons. The molecule has 2 rings (SSSR count). The Hall–Kier alpha value is -1.56. The third-order valence-corrected chi connectivity index (χ3v) is 3.70. The highest BCUT2D eigenvalue weighted by Gasteiger charge is 2.36. The van der Waals surface area contributed by atoms with Crippen LogP contribution in [0.1, 0.15) is 31.9 Å². The van der Waals surface area contributed by atoms with Crippen molar-refractivity contribution in [3.63, 3.8) is 0 Å². The summed E-state index contributed by atoms with van der Waals surface area (Å²) in [5.41, 5.74) is 1.23. The lowest BCUT2D eigenvalue weighted by atomic mass is 9.94. The van der Waals surface area contributed by atoms with E-state index in [9.17, 15) is 14.7 Å². The van der Waals surface area contributed by atoms with Gasteiger partial charge in [-0.25, -0.2) is 9.59 Å². The number of hydrogen-bond acceptors (Lipinski definition) is 3. The normalized spacial score (nSPS) is 18.1. The molecule has 5 nitrogen and oxygen atoms in total. The third-order valence-electron chi connectivity index (χ3n) is 3.21. The van der Waals surface area contributed by atoms with Gasteiger partial charge in [0.15, 0.2) is 0 Å². The molecule has 0 saturated heterocycles. The van der Waals surface area contributed by atoms with Crippen LogP contribution in [-0.2, 0) is 22.5 Å². The zero-order valence-corrected chi connectivity index (χ0v) is 13.8. The van der Waals surface area contributed by atoms with Crippen molar-refractivity contribution < 1.29 is 19.4 Å². The number of benzene rings is 1. The molecule has 0 bridgehead atoms. The van der Waals surface area contributed by atoms with Crippen LogP contribution in [0.5, 0.6) is 0 Å². The topological polar surface area (TPSA) is 66.8 Å². The Morgan fingerprint density at radius 1 is 1.33 bits per heavy atom. The van der Waals surface area contributed by atoms with E-state index in [1.807, 2.05) is 18.2 Å². The Morgan fingerprint density at radius 3 is 2.57 bits per heavy atom. The molecule has 1 amide bonds. The van der Waals surface area contributed by atoms with Gasteiger partial charge in [0.2, 0.25) is 0 Å². The molecule has 1 aromatic rings. The molecule has 1 atom stereocenters. The molecule has 0 aromatic heterocycles. The summed E-state index contributed by atoms with van der Waals surface area (Å²) >= 11 is 3.39. The number of carboxylic acids is 1. The van der Waals surface area contributed by atoms with Crippen molar-refractivity contribution in [2.45, 2.75) is 45.4 Å². The largest absolute Gasteiger partial charge is 0.480 e. The van der Waals surface area contributed by atoms with Crippen LogP contribution in [0.25, 0.3) is 0 Å². The van der Waals surface area contributed by atoms with Crippen LogP contribution in [0.4, 0.5) is 4.79 Å². The van der Waals surface area contributed by atoms with Crippen LogP contribution in [0.15, 0.2) is 22.7 Å². The molecule has 0 spiro atoms. The molecule has 1 aliphatic heterocycles. The van der Waals surface area contributed by atoms with Gasteiger partial charge in [-0.15, -0.1) is 0 Å². The molecule has 0 saturated carbocycles. The number of nitrogens with zero attached hydrogens (tertiary/aromatic N) is 1. The zero-order valence-electron chi connectivity index (χ0n) is 12.2. The Labute approximate surface area is 132 Å². The summed E-state index contributed by atoms with van der Waals surface area (Å²) in [6, 6.07) is 4.78. The van der Waals surface area contributed by atoms with Gasteiger partial charge in [0.1, 0.15) is 11.6 Å². The van der Waals surface area contributed by atoms with Gasteiger partial charge in [0.05, 0.1) is 6.54 Å². The average molecular weight is 356 g/mol. The first kappa shape index (κ1) is 15.8. The summed E-state index contributed by atoms with van der Waals surface area (Å²) in [5.74, 6) is -1.02. The monoisotopic (exact) mass is 355 g/mol. The third kappa shape index (κ3) is 3.75. The minimum absolute atomic E-state index is 0.237. The van der Waals surface area contributed by atoms with Gasteiger partial charge in [-0.3, -0.25) is 4.90 Å². The van der Waals surface area contributed by atoms with Crippen molar-refractivity contribution in [2.75, 3.05) is 0 Å². The number of amides is 1. The van der Waals surface area contributed by atoms with E-state index in [1.165, 1.54) is 4.90 Å². The van der Waals surface area contributed by atoms with E-state index in [0.717, 1.165) is 15.6 Å². The lowest BCUT2D eigenvalue weighted by Gasteiger charge is -2.35. The molecule has 0 fully saturated rings. The van der Waals surface area contributed by atoms with Crippen molar-refractivity contribution in [1.29, 1.82) is 0 Å². The summed E-state index contributed by atoms with van der Waals surface area (Å²) < 4.78 is 6.22. The van der Waals surface area contributed by atoms with Gasteiger partial charge in [-0.2, -0.15) is 0 Å². The second-order valence-electron chi connectivity index (χ2n) is 6.08. The number of fused-ring (bicyclic) bond motifs is 1. The molecule has 1 aliphatic rings. The zero-order chi connectivity index (χ0) is 15.8. The van der Waals surface area contributed by atoms with Gasteiger partial charge in [0.25, 0.3) is 0 Å². The predicted molar refractivity (Wildman–Crippen MR) is 81.0 cm³/mol. The quantitative estimate of drug-likeness (QED) is 0.839. The molecule has 1 aromatic carbocycles. The summed E-state index contributed by atoms with van der Waals surface area (Å²) in [5, 5.41) is 9.38. The maximum Gasteiger partial charge on any atom is 0.411 e. The van der Waals surface area contributed by atoms with Gasteiger partial charge >= 0.3 is 12.1 Å². The first-order valence-electron chi connectivity index (χ1n) is 6.67. The van der Waals surface area contributed by atoms with E-state index < -0.39 is 23.7 Å². The number of hydrogen-bond donors (Lipinski definition) is 1. The van der Waals surface area contributed by atoms with Gasteiger partial charge < -0.3 is 9.84 Å². The van der Waals surface area contributed by atoms with Crippen molar-refractivity contribution in [3.8, 4) is 0 Å². The number of carboxylic acid groups (broad SMARTS) is 1. The fourth-order valence-electron chi connectivity index (χ4n) is 2.29. The Morgan fingerprint density at radius 2 is 2.00 bits per heavy atom. The number of carbonyl (C=O) groups excluding carboxylic acids is 1. The first-order valence-corrected chi connectivity index (χ1v) is 7.46. The maximum absolute atomic E-state index is 12.3. The molecular formula is C15H18BrNO4. The number of aliphatic carboxylic acids is 1. The van der Waals surface area contributed by atoms with E-state index in [-0.39, 0.29) is 13.0 Å². The van der Waals surface area contributed by atoms with Crippen molar-refractivity contribution in [3.05, 3.63) is 33.8 Å². The summed E-state index contributed by atoms with van der Waals surface area (Å²) in [7, 11) is 0. The highest BCUT2D eigenvalue weighted by Crippen LogP contribution is 2.27. The second kappa shape index (κ2) is 5.67. The summed E-state index contributed by atoms with van der Waals surface area (Å²) in [4.78, 5) is 25.0. The second-order valence-corrected chi connectivity index (χ2v) is 7.00. The standard InChI is InChI=1S/C15H18BrNO4/c1-15(2,3)21-14(20)17-8-10-6-11(16)5-4-9(10)7-12(17)13(18)19/h4-6,12H,7-8H2,1-3H3,(H,18,19)/t12-/m0/s1. The SMILES string of the molecule is CC(C)(C)OC(=O)N1Cc2cc(Br)ccc2C[C@H]1C(=O)O. The molecular weight excluding hydrogens is 338 g/mol. The van der Waals surface area contributed by atoms with Crippen LogP contribution in [0, 0.1) is 0 Å². The van der Waals surface area contributed by atoms with E-state index in [1.54, 1.807) is 20.8 Å². The highest BCUT2D eigenvalue weighted by atomic mass is 79.9. The summed E-state index contributed by atoms with van der Waals surface area (Å²) in [6.45, 7) is 5.51. The van der Waals surface area contributed by atoms with Gasteiger partial charge in [-0.1, -0.05) is 22.0 Å². The number of carbonyl (C=O) groups is 2. The Kier molecular flexibility index (Phi) is 4.27. The van der Waals surface area contributed by atoms with Crippen LogP contribution >= 0.6 is 15.9 Å².